The summed E-state index contributed by atoms with van der Waals surface area (Å²) in [4.78, 5) is 21.8. The molecule has 1 rings (SSSR count). The molecule has 146 valence electrons. The zero-order valence-electron chi connectivity index (χ0n) is 15.8. The molecule has 0 aliphatic heterocycles. The predicted octanol–water partition coefficient (Wildman–Crippen LogP) is 3.08. The van der Waals surface area contributed by atoms with E-state index >= 15 is 0 Å². The fraction of sp³-hybridized carbons (Fsp3) is 0.579. The number of nitrogen functional groups attached to an aromatic ring is 1. The molecule has 6 nitrogen and oxygen atoms in total. The smallest absolute Gasteiger partial charge is 0.293 e. The minimum atomic E-state index is 0.139. The summed E-state index contributed by atoms with van der Waals surface area (Å²) in [6, 6.07) is 7.88. The van der Waals surface area contributed by atoms with E-state index in [0.717, 1.165) is 55.8 Å². The van der Waals surface area contributed by atoms with Crippen molar-refractivity contribution in [1.29, 1.82) is 0 Å². The first-order valence-electron chi connectivity index (χ1n) is 8.97. The second kappa shape index (κ2) is 12.6. The molecule has 0 atom stereocenters. The lowest BCUT2D eigenvalue weighted by Crippen LogP contribution is -2.31. The van der Waals surface area contributed by atoms with Crippen molar-refractivity contribution < 1.29 is 14.3 Å². The predicted molar refractivity (Wildman–Crippen MR) is 107 cm³/mol. The Labute approximate surface area is 161 Å². The second-order valence-electron chi connectivity index (χ2n) is 7.04. The molecule has 0 radical (unpaired) electrons. The molecule has 0 aliphatic carbocycles. The van der Waals surface area contributed by atoms with Gasteiger partial charge in [0, 0.05) is 30.2 Å². The number of carbonyl (C=O) groups excluding carboxylic acids is 2. The van der Waals surface area contributed by atoms with Crippen molar-refractivity contribution >= 4 is 30.5 Å². The number of hydrogen-bond donors (Lipinski definition) is 2. The van der Waals surface area contributed by atoms with Crippen LogP contribution in [0.1, 0.15) is 39.5 Å². The third-order valence-corrected chi connectivity index (χ3v) is 5.02. The van der Waals surface area contributed by atoms with E-state index in [0.29, 0.717) is 19.6 Å². The zero-order chi connectivity index (χ0) is 19.3. The number of amides is 1. The number of nitrogens with one attached hydrogen (secondary N) is 1. The topological polar surface area (TPSA) is 84.7 Å². The van der Waals surface area contributed by atoms with E-state index in [1.54, 1.807) is 11.9 Å². The molecule has 0 heterocycles. The fourth-order valence-corrected chi connectivity index (χ4v) is 3.84. The van der Waals surface area contributed by atoms with E-state index in [-0.39, 0.29) is 5.41 Å². The van der Waals surface area contributed by atoms with Crippen LogP contribution in [0, 0.1) is 5.41 Å². The van der Waals surface area contributed by atoms with Crippen molar-refractivity contribution in [2.45, 2.75) is 44.4 Å². The number of ether oxygens (including phenoxy) is 1. The summed E-state index contributed by atoms with van der Waals surface area (Å²) in [6.07, 6.45) is 4.60. The van der Waals surface area contributed by atoms with Gasteiger partial charge in [0.15, 0.2) is 0 Å². The van der Waals surface area contributed by atoms with Crippen LogP contribution in [0.2, 0.25) is 0 Å². The number of nitrogens with zero attached hydrogens (tertiary/aromatic N) is 1. The number of rotatable bonds is 15. The van der Waals surface area contributed by atoms with Gasteiger partial charge in [-0.3, -0.25) is 9.59 Å². The van der Waals surface area contributed by atoms with Gasteiger partial charge in [-0.1, -0.05) is 13.8 Å². The van der Waals surface area contributed by atoms with Gasteiger partial charge in [-0.25, -0.2) is 4.31 Å². The lowest BCUT2D eigenvalue weighted by atomic mass is 9.87. The van der Waals surface area contributed by atoms with Gasteiger partial charge in [0.1, 0.15) is 0 Å². The highest BCUT2D eigenvalue weighted by molar-refractivity contribution is 7.97. The molecular formula is C19H31N3O3S. The number of unbranched alkanes of at least 4 members (excludes halogenated alkanes) is 1. The van der Waals surface area contributed by atoms with Gasteiger partial charge in [0.05, 0.1) is 6.61 Å². The van der Waals surface area contributed by atoms with Gasteiger partial charge in [0.2, 0.25) is 6.41 Å². The van der Waals surface area contributed by atoms with Gasteiger partial charge in [0.25, 0.3) is 6.47 Å². The number of anilines is 1. The van der Waals surface area contributed by atoms with Gasteiger partial charge < -0.3 is 15.8 Å². The highest BCUT2D eigenvalue weighted by Gasteiger charge is 2.22. The van der Waals surface area contributed by atoms with Crippen LogP contribution in [0.15, 0.2) is 29.2 Å². The monoisotopic (exact) mass is 381 g/mol. The number of nitrogens with two attached hydrogens (primary N) is 1. The quantitative estimate of drug-likeness (QED) is 0.210. The molecule has 0 saturated carbocycles. The minimum absolute atomic E-state index is 0.139. The average molecular weight is 382 g/mol. The summed E-state index contributed by atoms with van der Waals surface area (Å²) in [5.74, 6) is 0. The van der Waals surface area contributed by atoms with Gasteiger partial charge in [-0.05, 0) is 67.3 Å². The third kappa shape index (κ3) is 10.3. The maximum absolute atomic E-state index is 10.4. The zero-order valence-corrected chi connectivity index (χ0v) is 16.6. The van der Waals surface area contributed by atoms with Crippen molar-refractivity contribution in [2.24, 2.45) is 5.41 Å². The third-order valence-electron chi connectivity index (χ3n) is 3.96. The first kappa shape index (κ1) is 22.3. The van der Waals surface area contributed by atoms with Crippen LogP contribution in [0.4, 0.5) is 5.69 Å². The molecule has 1 aromatic rings. The average Bonchev–Trinajstić information content (AvgIpc) is 2.60. The summed E-state index contributed by atoms with van der Waals surface area (Å²) in [7, 11) is 0. The highest BCUT2D eigenvalue weighted by Crippen LogP contribution is 2.31. The fourth-order valence-electron chi connectivity index (χ4n) is 2.64. The van der Waals surface area contributed by atoms with Crippen LogP contribution < -0.4 is 11.1 Å². The van der Waals surface area contributed by atoms with E-state index in [9.17, 15) is 9.59 Å². The standard InChI is InChI=1S/C19H31N3O3S/c1-19(2,10-3-4-13-25-16-24)14-22(12-5-11-21-15-23)26-18-8-6-17(20)7-9-18/h6-9,15-16H,3-5,10-14,20H2,1-2H3,(H,21,23). The summed E-state index contributed by atoms with van der Waals surface area (Å²) < 4.78 is 7.10. The molecule has 26 heavy (non-hydrogen) atoms. The van der Waals surface area contributed by atoms with E-state index in [2.05, 4.69) is 23.5 Å². The number of hydrogen-bond acceptors (Lipinski definition) is 6. The molecule has 1 aromatic carbocycles. The summed E-state index contributed by atoms with van der Waals surface area (Å²) in [6.45, 7) is 7.99. The molecule has 0 aliphatic rings. The summed E-state index contributed by atoms with van der Waals surface area (Å²) in [5.41, 5.74) is 6.66. The van der Waals surface area contributed by atoms with Crippen LogP contribution in [0.25, 0.3) is 0 Å². The van der Waals surface area contributed by atoms with Crippen LogP contribution in [0.5, 0.6) is 0 Å². The Kier molecular flexibility index (Phi) is 10.8. The van der Waals surface area contributed by atoms with Crippen LogP contribution in [-0.2, 0) is 14.3 Å². The SMILES string of the molecule is CC(C)(CCCCOC=O)CN(CCCNC=O)Sc1ccc(N)cc1. The maximum Gasteiger partial charge on any atom is 0.293 e. The molecule has 0 unspecified atom stereocenters. The Hall–Kier alpha value is -1.73. The molecule has 0 aromatic heterocycles. The van der Waals surface area contributed by atoms with Crippen LogP contribution in [0.3, 0.4) is 0 Å². The summed E-state index contributed by atoms with van der Waals surface area (Å²) in [5, 5.41) is 2.72. The Bertz CT molecular complexity index is 523. The van der Waals surface area contributed by atoms with Crippen LogP contribution >= 0.6 is 11.9 Å². The Balaban J connectivity index is 2.56. The lowest BCUT2D eigenvalue weighted by molar-refractivity contribution is -0.128. The second-order valence-corrected chi connectivity index (χ2v) is 8.21. The van der Waals surface area contributed by atoms with E-state index < -0.39 is 0 Å². The van der Waals surface area contributed by atoms with Crippen molar-refractivity contribution in [2.75, 3.05) is 32.0 Å². The largest absolute Gasteiger partial charge is 0.468 e. The first-order valence-corrected chi connectivity index (χ1v) is 9.75. The Morgan fingerprint density at radius 2 is 1.92 bits per heavy atom. The molecule has 7 heteroatoms. The van der Waals surface area contributed by atoms with Crippen molar-refractivity contribution in [3.05, 3.63) is 24.3 Å². The molecule has 1 amide bonds. The summed E-state index contributed by atoms with van der Waals surface area (Å²) >= 11 is 1.72. The highest BCUT2D eigenvalue weighted by atomic mass is 32.2. The molecule has 0 saturated heterocycles. The number of carbonyl (C=O) groups is 2. The molecule has 0 fully saturated rings. The van der Waals surface area contributed by atoms with Crippen molar-refractivity contribution in [3.8, 4) is 0 Å². The maximum atomic E-state index is 10.4. The molecular weight excluding hydrogens is 350 g/mol. The van der Waals surface area contributed by atoms with Gasteiger partial charge in [-0.15, -0.1) is 0 Å². The Morgan fingerprint density at radius 1 is 1.19 bits per heavy atom. The van der Waals surface area contributed by atoms with Gasteiger partial charge >= 0.3 is 0 Å². The molecule has 3 N–H and O–H groups in total. The van der Waals surface area contributed by atoms with Crippen LogP contribution in [-0.4, -0.2) is 43.4 Å². The normalized spacial score (nSPS) is 11.3. The Morgan fingerprint density at radius 3 is 2.58 bits per heavy atom. The van der Waals surface area contributed by atoms with Crippen molar-refractivity contribution in [3.63, 3.8) is 0 Å². The molecule has 0 bridgehead atoms. The first-order chi connectivity index (χ1) is 12.5. The van der Waals surface area contributed by atoms with E-state index in [1.165, 1.54) is 0 Å². The van der Waals surface area contributed by atoms with Crippen molar-refractivity contribution in [1.82, 2.24) is 9.62 Å². The van der Waals surface area contributed by atoms with E-state index in [1.807, 2.05) is 24.3 Å². The molecule has 0 spiro atoms. The minimum Gasteiger partial charge on any atom is -0.468 e. The lowest BCUT2D eigenvalue weighted by Gasteiger charge is -2.32. The number of benzene rings is 1. The van der Waals surface area contributed by atoms with E-state index in [4.69, 9.17) is 10.5 Å². The van der Waals surface area contributed by atoms with Gasteiger partial charge in [-0.2, -0.15) is 0 Å².